The molecule has 7 nitrogen and oxygen atoms in total. The topological polar surface area (TPSA) is 128 Å². The molecule has 0 bridgehead atoms. The Kier molecular flexibility index (Phi) is 8.97. The quantitative estimate of drug-likeness (QED) is 0.410. The number of hydrogen-bond donors (Lipinski definition) is 4. The molecule has 0 aliphatic heterocycles. The molecule has 0 amide bonds. The minimum absolute atomic E-state index is 0.0904. The van der Waals surface area contributed by atoms with Crippen LogP contribution in [0.4, 0.5) is 0 Å². The molecule has 0 saturated heterocycles. The zero-order valence-electron chi connectivity index (χ0n) is 15.7. The Hall–Kier alpha value is -2.38. The zero-order valence-corrected chi connectivity index (χ0v) is 15.7. The highest BCUT2D eigenvalue weighted by molar-refractivity contribution is 5.87. The Balaban J connectivity index is 2.60. The van der Waals surface area contributed by atoms with Crippen molar-refractivity contribution in [1.82, 2.24) is 0 Å². The summed E-state index contributed by atoms with van der Waals surface area (Å²) in [6.07, 6.45) is 7.14. The summed E-state index contributed by atoms with van der Waals surface area (Å²) in [5.41, 5.74) is 0.00418. The summed E-state index contributed by atoms with van der Waals surface area (Å²) in [5.74, 6) is -2.14. The molecule has 0 fully saturated rings. The first-order valence-corrected chi connectivity index (χ1v) is 8.87. The Morgan fingerprint density at radius 2 is 1.70 bits per heavy atom. The molecule has 0 aliphatic rings. The Bertz CT molecular complexity index is 663. The second kappa shape index (κ2) is 10.7. The smallest absolute Gasteiger partial charge is 0.331 e. The first-order valence-electron chi connectivity index (χ1n) is 8.87. The van der Waals surface area contributed by atoms with Gasteiger partial charge in [-0.15, -0.1) is 0 Å². The van der Waals surface area contributed by atoms with Crippen LogP contribution in [0.3, 0.4) is 0 Å². The third-order valence-corrected chi connectivity index (χ3v) is 4.26. The van der Waals surface area contributed by atoms with E-state index in [1.807, 2.05) is 6.07 Å². The lowest BCUT2D eigenvalue weighted by Gasteiger charge is -2.24. The van der Waals surface area contributed by atoms with Crippen molar-refractivity contribution in [3.63, 3.8) is 0 Å². The number of rotatable bonds is 12. The van der Waals surface area contributed by atoms with Crippen molar-refractivity contribution in [2.45, 2.75) is 64.1 Å². The number of aryl methyl sites for hydroxylation is 1. The predicted molar refractivity (Wildman–Crippen MR) is 99.2 cm³/mol. The SMILES string of the molecule is CC(C)(O)[C@H](O)CCC(=CCCC(=CCCc1ccoc1)C(=O)O)C(=O)O. The molecule has 0 radical (unpaired) electrons. The van der Waals surface area contributed by atoms with E-state index in [0.29, 0.717) is 12.8 Å². The van der Waals surface area contributed by atoms with Gasteiger partial charge in [0.15, 0.2) is 0 Å². The normalized spacial score (nSPS) is 14.2. The average molecular weight is 380 g/mol. The van der Waals surface area contributed by atoms with Crippen LogP contribution in [0.1, 0.15) is 51.5 Å². The van der Waals surface area contributed by atoms with Gasteiger partial charge in [-0.05, 0) is 64.0 Å². The Morgan fingerprint density at radius 1 is 1.11 bits per heavy atom. The molecule has 1 atom stereocenters. The number of carboxylic acids is 2. The van der Waals surface area contributed by atoms with Gasteiger partial charge in [-0.3, -0.25) is 0 Å². The molecule has 7 heteroatoms. The average Bonchev–Trinajstić information content (AvgIpc) is 3.07. The molecule has 1 rings (SSSR count). The lowest BCUT2D eigenvalue weighted by atomic mass is 9.95. The van der Waals surface area contributed by atoms with Crippen molar-refractivity contribution in [3.8, 4) is 0 Å². The van der Waals surface area contributed by atoms with E-state index in [4.69, 9.17) is 4.42 Å². The molecule has 0 spiro atoms. The van der Waals surface area contributed by atoms with E-state index in [1.54, 1.807) is 18.6 Å². The van der Waals surface area contributed by atoms with Crippen LogP contribution in [0, 0.1) is 0 Å². The summed E-state index contributed by atoms with van der Waals surface area (Å²) < 4.78 is 4.96. The predicted octanol–water partition coefficient (Wildman–Crippen LogP) is 2.93. The van der Waals surface area contributed by atoms with Crippen LogP contribution in [-0.2, 0) is 16.0 Å². The fraction of sp³-hybridized carbons (Fsp3) is 0.500. The van der Waals surface area contributed by atoms with Crippen molar-refractivity contribution < 1.29 is 34.4 Å². The first kappa shape index (κ1) is 22.7. The van der Waals surface area contributed by atoms with E-state index in [-0.39, 0.29) is 36.8 Å². The Labute approximate surface area is 158 Å². The van der Waals surface area contributed by atoms with Gasteiger partial charge in [0.2, 0.25) is 0 Å². The maximum Gasteiger partial charge on any atom is 0.331 e. The molecule has 0 saturated carbocycles. The molecule has 1 aromatic heterocycles. The van der Waals surface area contributed by atoms with Gasteiger partial charge in [-0.2, -0.15) is 0 Å². The van der Waals surface area contributed by atoms with Crippen molar-refractivity contribution >= 4 is 11.9 Å². The van der Waals surface area contributed by atoms with Gasteiger partial charge in [0.05, 0.1) is 24.2 Å². The third-order valence-electron chi connectivity index (χ3n) is 4.26. The number of aliphatic hydroxyl groups is 2. The van der Waals surface area contributed by atoms with Gasteiger partial charge in [0.25, 0.3) is 0 Å². The molecule has 1 aromatic rings. The molecular weight excluding hydrogens is 352 g/mol. The van der Waals surface area contributed by atoms with E-state index in [9.17, 15) is 30.0 Å². The molecule has 27 heavy (non-hydrogen) atoms. The van der Waals surface area contributed by atoms with Crippen LogP contribution in [0.2, 0.25) is 0 Å². The summed E-state index contributed by atoms with van der Waals surface area (Å²) in [4.78, 5) is 22.7. The standard InChI is InChI=1S/C20H28O7/c1-20(2,26)17(21)10-9-16(19(24)25)8-4-7-15(18(22)23)6-3-5-14-11-12-27-13-14/h6,8,11-13,17,21,26H,3-5,7,9-10H2,1-2H3,(H,22,23)(H,24,25)/t17-/m1/s1. The van der Waals surface area contributed by atoms with E-state index in [1.165, 1.54) is 19.9 Å². The maximum absolute atomic E-state index is 11.3. The van der Waals surface area contributed by atoms with Crippen LogP contribution < -0.4 is 0 Å². The molecule has 1 heterocycles. The minimum atomic E-state index is -1.31. The van der Waals surface area contributed by atoms with Crippen molar-refractivity contribution in [2.24, 2.45) is 0 Å². The van der Waals surface area contributed by atoms with E-state index in [2.05, 4.69) is 0 Å². The van der Waals surface area contributed by atoms with Gasteiger partial charge in [0, 0.05) is 11.1 Å². The number of carboxylic acid groups (broad SMARTS) is 2. The van der Waals surface area contributed by atoms with Gasteiger partial charge in [-0.1, -0.05) is 12.2 Å². The lowest BCUT2D eigenvalue weighted by Crippen LogP contribution is -2.35. The van der Waals surface area contributed by atoms with Gasteiger partial charge >= 0.3 is 11.9 Å². The Morgan fingerprint density at radius 3 is 2.22 bits per heavy atom. The summed E-state index contributed by atoms with van der Waals surface area (Å²) in [6.45, 7) is 2.91. The molecule has 0 aliphatic carbocycles. The van der Waals surface area contributed by atoms with Crippen LogP contribution in [0.5, 0.6) is 0 Å². The molecule has 4 N–H and O–H groups in total. The van der Waals surface area contributed by atoms with Crippen LogP contribution >= 0.6 is 0 Å². The number of carbonyl (C=O) groups is 2. The highest BCUT2D eigenvalue weighted by Gasteiger charge is 2.24. The number of hydrogen-bond acceptors (Lipinski definition) is 5. The molecular formula is C20H28O7. The largest absolute Gasteiger partial charge is 0.478 e. The van der Waals surface area contributed by atoms with Gasteiger partial charge in [0.1, 0.15) is 0 Å². The number of furan rings is 1. The molecule has 0 aromatic carbocycles. The van der Waals surface area contributed by atoms with Crippen LogP contribution in [0.25, 0.3) is 0 Å². The summed E-state index contributed by atoms with van der Waals surface area (Å²) in [7, 11) is 0. The second-order valence-corrected chi connectivity index (χ2v) is 6.99. The van der Waals surface area contributed by atoms with Gasteiger partial charge in [-0.25, -0.2) is 9.59 Å². The minimum Gasteiger partial charge on any atom is -0.478 e. The number of aliphatic carboxylic acids is 2. The summed E-state index contributed by atoms with van der Waals surface area (Å²) in [6, 6.07) is 1.82. The molecule has 0 unspecified atom stereocenters. The number of aliphatic hydroxyl groups excluding tert-OH is 1. The first-order chi connectivity index (χ1) is 12.6. The summed E-state index contributed by atoms with van der Waals surface area (Å²) in [5, 5.41) is 38.1. The second-order valence-electron chi connectivity index (χ2n) is 6.99. The van der Waals surface area contributed by atoms with Gasteiger partial charge < -0.3 is 24.8 Å². The van der Waals surface area contributed by atoms with Crippen molar-refractivity contribution in [1.29, 1.82) is 0 Å². The highest BCUT2D eigenvalue weighted by atomic mass is 16.4. The third kappa shape index (κ3) is 8.70. The fourth-order valence-electron chi connectivity index (χ4n) is 2.49. The summed E-state index contributed by atoms with van der Waals surface area (Å²) >= 11 is 0. The van der Waals surface area contributed by atoms with Crippen molar-refractivity contribution in [2.75, 3.05) is 0 Å². The van der Waals surface area contributed by atoms with Crippen LogP contribution in [-0.4, -0.2) is 44.1 Å². The van der Waals surface area contributed by atoms with E-state index in [0.717, 1.165) is 5.56 Å². The van der Waals surface area contributed by atoms with Crippen molar-refractivity contribution in [3.05, 3.63) is 47.5 Å². The maximum atomic E-state index is 11.3. The lowest BCUT2D eigenvalue weighted by molar-refractivity contribution is -0.133. The molecule has 150 valence electrons. The van der Waals surface area contributed by atoms with E-state index >= 15 is 0 Å². The zero-order chi connectivity index (χ0) is 20.4. The van der Waals surface area contributed by atoms with Crippen LogP contribution in [0.15, 0.2) is 46.3 Å². The number of allylic oxidation sites excluding steroid dienone is 2. The monoisotopic (exact) mass is 380 g/mol. The fourth-order valence-corrected chi connectivity index (χ4v) is 2.49. The van der Waals surface area contributed by atoms with E-state index < -0.39 is 23.6 Å². The highest BCUT2D eigenvalue weighted by Crippen LogP contribution is 2.18.